The van der Waals surface area contributed by atoms with Crippen LogP contribution in [-0.2, 0) is 5.41 Å². The number of rotatable bonds is 2. The minimum Gasteiger partial charge on any atom is -0.239 e. The van der Waals surface area contributed by atoms with Gasteiger partial charge in [-0.3, -0.25) is 0 Å². The number of thiophene rings is 1. The number of aromatic nitrogens is 1. The molecule has 82 valence electrons. The lowest BCUT2D eigenvalue weighted by Gasteiger charge is -2.10. The maximum atomic E-state index is 9.03. The van der Waals surface area contributed by atoms with E-state index in [0.29, 0.717) is 0 Å². The molecule has 2 aromatic rings. The summed E-state index contributed by atoms with van der Waals surface area (Å²) in [6.45, 7) is 3.74. The second-order valence-corrected chi connectivity index (χ2v) is 6.45. The third-order valence-corrected chi connectivity index (χ3v) is 4.45. The van der Waals surface area contributed by atoms with Gasteiger partial charge in [0.25, 0.3) is 0 Å². The highest BCUT2D eigenvalue weighted by molar-refractivity contribution is 7.23. The largest absolute Gasteiger partial charge is 0.239 e. The lowest BCUT2D eigenvalue weighted by molar-refractivity contribution is 0.666. The molecule has 0 unspecified atom stereocenters. The summed E-state index contributed by atoms with van der Waals surface area (Å²) < 4.78 is 0.756. The SMILES string of the molecule is CC(C)(C#N)c1csc(-c2ccc(Cl)s2)n1. The smallest absolute Gasteiger partial charge is 0.133 e. The Labute approximate surface area is 107 Å². The molecular weight excluding hydrogens is 260 g/mol. The lowest BCUT2D eigenvalue weighted by atomic mass is 9.92. The van der Waals surface area contributed by atoms with Crippen LogP contribution in [0.1, 0.15) is 19.5 Å². The Morgan fingerprint density at radius 2 is 2.19 bits per heavy atom. The second-order valence-electron chi connectivity index (χ2n) is 3.88. The van der Waals surface area contributed by atoms with E-state index in [1.54, 1.807) is 11.3 Å². The summed E-state index contributed by atoms with van der Waals surface area (Å²) in [5, 5.41) is 11.9. The Morgan fingerprint density at radius 3 is 2.75 bits per heavy atom. The molecule has 0 aromatic carbocycles. The fourth-order valence-corrected chi connectivity index (χ4v) is 3.26. The van der Waals surface area contributed by atoms with Crippen molar-refractivity contribution in [3.63, 3.8) is 0 Å². The number of hydrogen-bond donors (Lipinski definition) is 0. The molecule has 2 rings (SSSR count). The third kappa shape index (κ3) is 2.12. The Bertz CT molecular complexity index is 548. The van der Waals surface area contributed by atoms with Crippen LogP contribution < -0.4 is 0 Å². The molecule has 16 heavy (non-hydrogen) atoms. The first-order chi connectivity index (χ1) is 7.53. The van der Waals surface area contributed by atoms with Gasteiger partial charge in [0.15, 0.2) is 0 Å². The van der Waals surface area contributed by atoms with Crippen molar-refractivity contribution < 1.29 is 0 Å². The lowest BCUT2D eigenvalue weighted by Crippen LogP contribution is -2.13. The van der Waals surface area contributed by atoms with Crippen molar-refractivity contribution in [1.82, 2.24) is 4.98 Å². The summed E-state index contributed by atoms with van der Waals surface area (Å²) in [5.74, 6) is 0. The topological polar surface area (TPSA) is 36.7 Å². The van der Waals surface area contributed by atoms with Crippen molar-refractivity contribution in [1.29, 1.82) is 5.26 Å². The highest BCUT2D eigenvalue weighted by Gasteiger charge is 2.23. The van der Waals surface area contributed by atoms with Crippen LogP contribution in [0.15, 0.2) is 17.5 Å². The first kappa shape index (κ1) is 11.6. The van der Waals surface area contributed by atoms with Crippen molar-refractivity contribution >= 4 is 34.3 Å². The van der Waals surface area contributed by atoms with Crippen LogP contribution in [0, 0.1) is 11.3 Å². The molecule has 0 aliphatic heterocycles. The Kier molecular flexibility index (Phi) is 3.02. The zero-order chi connectivity index (χ0) is 11.8. The van der Waals surface area contributed by atoms with Gasteiger partial charge in [0.1, 0.15) is 5.01 Å². The standard InChI is InChI=1S/C11H9ClN2S2/c1-11(2,6-13)8-5-15-10(14-8)7-3-4-9(12)16-7/h3-5H,1-2H3. The summed E-state index contributed by atoms with van der Waals surface area (Å²) >= 11 is 8.93. The molecule has 2 nitrogen and oxygen atoms in total. The van der Waals surface area contributed by atoms with E-state index in [-0.39, 0.29) is 0 Å². The fourth-order valence-electron chi connectivity index (χ4n) is 1.16. The molecule has 0 aliphatic carbocycles. The van der Waals surface area contributed by atoms with Crippen molar-refractivity contribution in [3.05, 3.63) is 27.5 Å². The van der Waals surface area contributed by atoms with Crippen LogP contribution in [0.25, 0.3) is 9.88 Å². The van der Waals surface area contributed by atoms with E-state index in [4.69, 9.17) is 16.9 Å². The second kappa shape index (κ2) is 4.17. The summed E-state index contributed by atoms with van der Waals surface area (Å²) in [6.07, 6.45) is 0. The van der Waals surface area contributed by atoms with Gasteiger partial charge in [0.05, 0.1) is 26.4 Å². The molecule has 0 radical (unpaired) electrons. The molecule has 0 N–H and O–H groups in total. The molecule has 0 saturated carbocycles. The predicted molar refractivity (Wildman–Crippen MR) is 69.1 cm³/mol. The van der Waals surface area contributed by atoms with Gasteiger partial charge in [-0.15, -0.1) is 22.7 Å². The summed E-state index contributed by atoms with van der Waals surface area (Å²) in [6, 6.07) is 6.06. The van der Waals surface area contributed by atoms with Crippen LogP contribution in [0.2, 0.25) is 4.34 Å². The van der Waals surface area contributed by atoms with Crippen LogP contribution in [0.3, 0.4) is 0 Å². The van der Waals surface area contributed by atoms with Crippen LogP contribution in [0.4, 0.5) is 0 Å². The maximum Gasteiger partial charge on any atom is 0.133 e. The molecule has 0 saturated heterocycles. The van der Waals surface area contributed by atoms with E-state index in [9.17, 15) is 0 Å². The third-order valence-electron chi connectivity index (χ3n) is 2.21. The Hall–Kier alpha value is -0.890. The number of hydrogen-bond acceptors (Lipinski definition) is 4. The summed E-state index contributed by atoms with van der Waals surface area (Å²) in [5.41, 5.74) is 0.287. The fraction of sp³-hybridized carbons (Fsp3) is 0.273. The quantitative estimate of drug-likeness (QED) is 0.813. The highest BCUT2D eigenvalue weighted by atomic mass is 35.5. The molecule has 0 spiro atoms. The molecule has 0 amide bonds. The van der Waals surface area contributed by atoms with Gasteiger partial charge in [-0.2, -0.15) is 5.26 Å². The van der Waals surface area contributed by atoms with E-state index in [2.05, 4.69) is 11.1 Å². The molecule has 2 aromatic heterocycles. The normalized spacial score (nSPS) is 11.4. The van der Waals surface area contributed by atoms with Gasteiger partial charge in [-0.25, -0.2) is 4.98 Å². The van der Waals surface area contributed by atoms with Crippen molar-refractivity contribution in [2.75, 3.05) is 0 Å². The van der Waals surface area contributed by atoms with Crippen molar-refractivity contribution in [3.8, 4) is 16.0 Å². The van der Waals surface area contributed by atoms with E-state index in [0.717, 1.165) is 19.9 Å². The van der Waals surface area contributed by atoms with Crippen LogP contribution in [-0.4, -0.2) is 4.98 Å². The maximum absolute atomic E-state index is 9.03. The van der Waals surface area contributed by atoms with Gasteiger partial charge in [-0.1, -0.05) is 11.6 Å². The van der Waals surface area contributed by atoms with E-state index < -0.39 is 5.41 Å². The van der Waals surface area contributed by atoms with E-state index in [1.807, 2.05) is 31.4 Å². The first-order valence-corrected chi connectivity index (χ1v) is 6.73. The Balaban J connectivity index is 2.38. The van der Waals surface area contributed by atoms with Gasteiger partial charge in [0, 0.05) is 5.38 Å². The molecule has 5 heteroatoms. The van der Waals surface area contributed by atoms with Gasteiger partial charge in [-0.05, 0) is 26.0 Å². The van der Waals surface area contributed by atoms with E-state index in [1.165, 1.54) is 11.3 Å². The van der Waals surface area contributed by atoms with Crippen molar-refractivity contribution in [2.24, 2.45) is 0 Å². The van der Waals surface area contributed by atoms with Gasteiger partial charge in [0.2, 0.25) is 0 Å². The molecule has 2 heterocycles. The minimum atomic E-state index is -0.532. The first-order valence-electron chi connectivity index (χ1n) is 4.66. The zero-order valence-corrected chi connectivity index (χ0v) is 11.2. The average molecular weight is 269 g/mol. The molecule has 0 bridgehead atoms. The van der Waals surface area contributed by atoms with Gasteiger partial charge >= 0.3 is 0 Å². The van der Waals surface area contributed by atoms with Crippen LogP contribution >= 0.6 is 34.3 Å². The Morgan fingerprint density at radius 1 is 1.44 bits per heavy atom. The van der Waals surface area contributed by atoms with Gasteiger partial charge < -0.3 is 0 Å². The number of nitriles is 1. The number of nitrogens with zero attached hydrogens (tertiary/aromatic N) is 2. The molecule has 0 aliphatic rings. The average Bonchev–Trinajstić information content (AvgIpc) is 2.85. The minimum absolute atomic E-state index is 0.532. The highest BCUT2D eigenvalue weighted by Crippen LogP contribution is 2.35. The number of halogens is 1. The molecule has 0 fully saturated rings. The molecule has 0 atom stereocenters. The van der Waals surface area contributed by atoms with Crippen LogP contribution in [0.5, 0.6) is 0 Å². The summed E-state index contributed by atoms with van der Waals surface area (Å²) in [7, 11) is 0. The van der Waals surface area contributed by atoms with E-state index >= 15 is 0 Å². The molecular formula is C11H9ClN2S2. The predicted octanol–water partition coefficient (Wildman–Crippen LogP) is 4.33. The monoisotopic (exact) mass is 268 g/mol. The van der Waals surface area contributed by atoms with Crippen molar-refractivity contribution in [2.45, 2.75) is 19.3 Å². The zero-order valence-electron chi connectivity index (χ0n) is 8.82. The summed E-state index contributed by atoms with van der Waals surface area (Å²) in [4.78, 5) is 5.54. The number of thiazole rings is 1.